The fraction of sp³-hybridized carbons (Fsp3) is 0.897. The van der Waals surface area contributed by atoms with Crippen molar-refractivity contribution in [2.75, 3.05) is 39.6 Å². The van der Waals surface area contributed by atoms with E-state index in [2.05, 4.69) is 72.8 Å². The fourth-order valence-electron chi connectivity index (χ4n) is 11.4. The van der Waals surface area contributed by atoms with Crippen LogP contribution >= 0.6 is 15.6 Å². The standard InChI is InChI=1S/C78H148O17P2/c1-8-11-12-13-14-15-16-17-18-22-25-31-38-45-52-59-75(80)88-65-73(94-78(83)62-55-48-40-33-28-27-30-37-44-51-58-71(7)10-3)67-92-96(84,85)90-63-72(79)64-91-97(86,87)93-68-74(66-89-76(81)60-53-46-41-34-35-42-49-56-69(4)5)95-77(82)61-54-47-39-32-26-23-20-19-21-24-29-36-43-50-57-70(6)9-2/h15-18,69-74,79H,8-14,19-68H2,1-7H3,(H,84,85)(H,86,87)/b16-15-,18-17-/t70?,71?,72?,73-,74-/m1/s1. The number of unbranched alkanes of at least 4 members (excludes halogenated alkanes) is 37. The van der Waals surface area contributed by atoms with Crippen LogP contribution in [0.15, 0.2) is 24.3 Å². The zero-order chi connectivity index (χ0) is 71.6. The lowest BCUT2D eigenvalue weighted by Crippen LogP contribution is -2.30. The molecule has 0 aromatic heterocycles. The maximum Gasteiger partial charge on any atom is 0.472 e. The lowest BCUT2D eigenvalue weighted by molar-refractivity contribution is -0.161. The molecule has 572 valence electrons. The number of aliphatic hydroxyl groups is 1. The molecule has 0 aliphatic rings. The summed E-state index contributed by atoms with van der Waals surface area (Å²) in [6, 6.07) is 0. The van der Waals surface area contributed by atoms with Crippen molar-refractivity contribution in [3.05, 3.63) is 24.3 Å². The van der Waals surface area contributed by atoms with Gasteiger partial charge < -0.3 is 33.8 Å². The van der Waals surface area contributed by atoms with Gasteiger partial charge in [0, 0.05) is 25.7 Å². The molecule has 0 spiro atoms. The van der Waals surface area contributed by atoms with Gasteiger partial charge in [0.1, 0.15) is 19.3 Å². The SMILES string of the molecule is CCCCCC/C=C\C=C/CCCCCCCC(=O)OC[C@H](COP(=O)(O)OCC(O)COP(=O)(O)OC[C@@H](COC(=O)CCCCCCCCCC(C)C)OC(=O)CCCCCCCCCCCCCCCCC(C)CC)OC(=O)CCCCCCCCCCCCC(C)CC. The number of carbonyl (C=O) groups is 4. The van der Waals surface area contributed by atoms with Crippen LogP contribution in [-0.2, 0) is 65.4 Å². The van der Waals surface area contributed by atoms with Crippen LogP contribution in [0, 0.1) is 17.8 Å². The highest BCUT2D eigenvalue weighted by atomic mass is 31.2. The number of carbonyl (C=O) groups excluding carboxylic acids is 4. The summed E-state index contributed by atoms with van der Waals surface area (Å²) in [6.07, 6.45) is 57.6. The van der Waals surface area contributed by atoms with Crippen molar-refractivity contribution in [1.29, 1.82) is 0 Å². The molecule has 19 heteroatoms. The van der Waals surface area contributed by atoms with Gasteiger partial charge >= 0.3 is 39.5 Å². The molecular weight excluding hydrogens is 1270 g/mol. The molecule has 17 nitrogen and oxygen atoms in total. The molecular formula is C78H148O17P2. The van der Waals surface area contributed by atoms with Crippen molar-refractivity contribution in [3.63, 3.8) is 0 Å². The van der Waals surface area contributed by atoms with E-state index in [1.54, 1.807) is 0 Å². The molecule has 0 radical (unpaired) electrons. The van der Waals surface area contributed by atoms with Crippen LogP contribution in [0.25, 0.3) is 0 Å². The van der Waals surface area contributed by atoms with Crippen molar-refractivity contribution >= 4 is 39.5 Å². The number of phosphoric ester groups is 2. The van der Waals surface area contributed by atoms with Gasteiger partial charge in [0.25, 0.3) is 0 Å². The van der Waals surface area contributed by atoms with E-state index in [0.717, 1.165) is 127 Å². The molecule has 0 rings (SSSR count). The summed E-state index contributed by atoms with van der Waals surface area (Å²) < 4.78 is 68.6. The first-order valence-electron chi connectivity index (χ1n) is 39.7. The minimum Gasteiger partial charge on any atom is -0.462 e. The van der Waals surface area contributed by atoms with Crippen LogP contribution in [0.2, 0.25) is 0 Å². The number of allylic oxidation sites excluding steroid dienone is 4. The lowest BCUT2D eigenvalue weighted by Gasteiger charge is -2.21. The molecule has 5 unspecified atom stereocenters. The van der Waals surface area contributed by atoms with Crippen molar-refractivity contribution < 1.29 is 80.2 Å². The number of esters is 4. The van der Waals surface area contributed by atoms with Crippen molar-refractivity contribution in [2.24, 2.45) is 17.8 Å². The van der Waals surface area contributed by atoms with Gasteiger partial charge in [-0.2, -0.15) is 0 Å². The third-order valence-electron chi connectivity index (χ3n) is 18.2. The molecule has 0 aromatic carbocycles. The molecule has 0 saturated heterocycles. The number of aliphatic hydroxyl groups excluding tert-OH is 1. The van der Waals surface area contributed by atoms with E-state index < -0.39 is 97.5 Å². The molecule has 0 saturated carbocycles. The largest absolute Gasteiger partial charge is 0.472 e. The van der Waals surface area contributed by atoms with E-state index in [0.29, 0.717) is 31.6 Å². The molecule has 3 N–H and O–H groups in total. The Morgan fingerprint density at radius 2 is 0.608 bits per heavy atom. The predicted molar refractivity (Wildman–Crippen MR) is 395 cm³/mol. The number of rotatable bonds is 74. The lowest BCUT2D eigenvalue weighted by atomic mass is 9.99. The fourth-order valence-corrected chi connectivity index (χ4v) is 12.9. The quantitative estimate of drug-likeness (QED) is 0.0169. The number of hydrogen-bond acceptors (Lipinski definition) is 15. The normalized spacial score (nSPS) is 14.8. The maximum atomic E-state index is 13.1. The van der Waals surface area contributed by atoms with Crippen LogP contribution in [0.3, 0.4) is 0 Å². The van der Waals surface area contributed by atoms with Crippen molar-refractivity contribution in [2.45, 2.75) is 394 Å². The zero-order valence-electron chi connectivity index (χ0n) is 63.0. The Morgan fingerprint density at radius 1 is 0.340 bits per heavy atom. The summed E-state index contributed by atoms with van der Waals surface area (Å²) in [6.45, 7) is 11.9. The second-order valence-corrected chi connectivity index (χ2v) is 31.3. The topological polar surface area (TPSA) is 237 Å². The van der Waals surface area contributed by atoms with Gasteiger partial charge in [-0.15, -0.1) is 0 Å². The molecule has 97 heavy (non-hydrogen) atoms. The highest BCUT2D eigenvalue weighted by Crippen LogP contribution is 2.45. The minimum absolute atomic E-state index is 0.0991. The second kappa shape index (κ2) is 68.0. The van der Waals surface area contributed by atoms with E-state index in [1.165, 1.54) is 161 Å². The molecule has 7 atom stereocenters. The predicted octanol–water partition coefficient (Wildman–Crippen LogP) is 22.5. The molecule has 0 aliphatic carbocycles. The maximum absolute atomic E-state index is 13.1. The minimum atomic E-state index is -4.97. The number of phosphoric acid groups is 2. The summed E-state index contributed by atoms with van der Waals surface area (Å²) in [5.74, 6) is 0.202. The average molecular weight is 1420 g/mol. The van der Waals surface area contributed by atoms with Crippen molar-refractivity contribution in [3.8, 4) is 0 Å². The first-order chi connectivity index (χ1) is 46.8. The Hall–Kier alpha value is -2.46. The van der Waals surface area contributed by atoms with E-state index in [9.17, 15) is 43.2 Å². The van der Waals surface area contributed by atoms with Crippen LogP contribution in [0.5, 0.6) is 0 Å². The van der Waals surface area contributed by atoms with E-state index in [-0.39, 0.29) is 25.7 Å². The van der Waals surface area contributed by atoms with Crippen LogP contribution in [-0.4, -0.2) is 96.7 Å². The summed E-state index contributed by atoms with van der Waals surface area (Å²) in [7, 11) is -9.93. The monoisotopic (exact) mass is 1420 g/mol. The first-order valence-corrected chi connectivity index (χ1v) is 42.7. The third-order valence-corrected chi connectivity index (χ3v) is 20.1. The van der Waals surface area contributed by atoms with Gasteiger partial charge in [-0.05, 0) is 69.1 Å². The summed E-state index contributed by atoms with van der Waals surface area (Å²) in [4.78, 5) is 72.9. The Bertz CT molecular complexity index is 1990. The summed E-state index contributed by atoms with van der Waals surface area (Å²) >= 11 is 0. The summed E-state index contributed by atoms with van der Waals surface area (Å²) in [5, 5.41) is 10.6. The Morgan fingerprint density at radius 3 is 0.918 bits per heavy atom. The molecule has 0 heterocycles. The number of ether oxygens (including phenoxy) is 4. The number of hydrogen-bond donors (Lipinski definition) is 3. The van der Waals surface area contributed by atoms with Crippen LogP contribution < -0.4 is 0 Å². The van der Waals surface area contributed by atoms with E-state index in [1.807, 2.05) is 0 Å². The van der Waals surface area contributed by atoms with Crippen LogP contribution in [0.1, 0.15) is 376 Å². The van der Waals surface area contributed by atoms with Gasteiger partial charge in [-0.1, -0.05) is 323 Å². The molecule has 0 bridgehead atoms. The highest BCUT2D eigenvalue weighted by Gasteiger charge is 2.30. The molecule has 0 fully saturated rings. The average Bonchev–Trinajstić information content (AvgIpc) is 2.01. The van der Waals surface area contributed by atoms with E-state index >= 15 is 0 Å². The van der Waals surface area contributed by atoms with E-state index in [4.69, 9.17) is 37.0 Å². The molecule has 0 aromatic rings. The van der Waals surface area contributed by atoms with Gasteiger partial charge in [-0.3, -0.25) is 37.3 Å². The smallest absolute Gasteiger partial charge is 0.462 e. The van der Waals surface area contributed by atoms with Gasteiger partial charge in [-0.25, -0.2) is 9.13 Å². The van der Waals surface area contributed by atoms with Crippen molar-refractivity contribution in [1.82, 2.24) is 0 Å². The Balaban J connectivity index is 5.28. The Labute approximate surface area is 592 Å². The van der Waals surface area contributed by atoms with Crippen LogP contribution in [0.4, 0.5) is 0 Å². The van der Waals surface area contributed by atoms with Gasteiger partial charge in [0.2, 0.25) is 0 Å². The zero-order valence-corrected chi connectivity index (χ0v) is 64.8. The third kappa shape index (κ3) is 69.1. The molecule has 0 amide bonds. The second-order valence-electron chi connectivity index (χ2n) is 28.4. The molecule has 0 aliphatic heterocycles. The van der Waals surface area contributed by atoms with Gasteiger partial charge in [0.05, 0.1) is 26.4 Å². The highest BCUT2D eigenvalue weighted by molar-refractivity contribution is 7.47. The first kappa shape index (κ1) is 94.5. The summed E-state index contributed by atoms with van der Waals surface area (Å²) in [5.41, 5.74) is 0. The Kier molecular flexibility index (Phi) is 66.3. The van der Waals surface area contributed by atoms with Gasteiger partial charge in [0.15, 0.2) is 12.2 Å².